The molecule has 3 fully saturated rings. The van der Waals surface area contributed by atoms with Gasteiger partial charge >= 0.3 is 0 Å². The van der Waals surface area contributed by atoms with E-state index in [1.54, 1.807) is 0 Å². The Morgan fingerprint density at radius 3 is 1.64 bits per heavy atom. The maximum Gasteiger partial charge on any atom is 0.157 e. The quantitative estimate of drug-likeness (QED) is 0.174. The van der Waals surface area contributed by atoms with Crippen LogP contribution >= 0.6 is 0 Å². The third-order valence-corrected chi connectivity index (χ3v) is 8.36. The SMILES string of the molecule is c1cc(C2CCC(OCCCCCCOC3CCCCO3)CC2)ccc1OCCCCCOC1CCCCO1. The summed E-state index contributed by atoms with van der Waals surface area (Å²) in [5.74, 6) is 1.64. The number of ether oxygens (including phenoxy) is 6. The average molecular weight is 547 g/mol. The number of unbranched alkanes of at least 4 members (excludes halogenated alkanes) is 5. The summed E-state index contributed by atoms with van der Waals surface area (Å²) in [4.78, 5) is 0. The van der Waals surface area contributed by atoms with Crippen LogP contribution in [0.5, 0.6) is 5.75 Å². The number of hydrogen-bond acceptors (Lipinski definition) is 6. The summed E-state index contributed by atoms with van der Waals surface area (Å²) in [6.45, 7) is 5.00. The van der Waals surface area contributed by atoms with Crippen molar-refractivity contribution in [2.45, 2.75) is 134 Å². The molecular formula is C33H54O6. The van der Waals surface area contributed by atoms with E-state index in [2.05, 4.69) is 24.3 Å². The fourth-order valence-corrected chi connectivity index (χ4v) is 5.89. The Morgan fingerprint density at radius 1 is 0.538 bits per heavy atom. The minimum atomic E-state index is 0.0316. The molecule has 39 heavy (non-hydrogen) atoms. The van der Waals surface area contributed by atoms with Crippen LogP contribution in [0.25, 0.3) is 0 Å². The Bertz CT molecular complexity index is 720. The summed E-state index contributed by atoms with van der Waals surface area (Å²) < 4.78 is 35.0. The molecule has 0 bridgehead atoms. The van der Waals surface area contributed by atoms with Gasteiger partial charge in [-0.15, -0.1) is 0 Å². The van der Waals surface area contributed by atoms with Gasteiger partial charge in [0.2, 0.25) is 0 Å². The van der Waals surface area contributed by atoms with Crippen LogP contribution in [-0.2, 0) is 23.7 Å². The third kappa shape index (κ3) is 12.5. The molecule has 2 aliphatic heterocycles. The van der Waals surface area contributed by atoms with Gasteiger partial charge in [-0.2, -0.15) is 0 Å². The highest BCUT2D eigenvalue weighted by molar-refractivity contribution is 5.29. The number of benzene rings is 1. The molecule has 1 aromatic rings. The van der Waals surface area contributed by atoms with Crippen molar-refractivity contribution in [3.63, 3.8) is 0 Å². The van der Waals surface area contributed by atoms with E-state index in [-0.39, 0.29) is 12.6 Å². The fourth-order valence-electron chi connectivity index (χ4n) is 5.89. The summed E-state index contributed by atoms with van der Waals surface area (Å²) in [6, 6.07) is 8.83. The van der Waals surface area contributed by atoms with Gasteiger partial charge < -0.3 is 28.4 Å². The standard InChI is InChI=1S/C33H54O6/c1(2-7-24-36-32-12-4-10-26-38-32)6-22-34-30-18-14-28(15-19-30)29-16-20-31(21-17-29)35-23-8-3-9-25-37-33-13-5-11-27-39-33/h16-17,20-21,28,30,32-33H,1-15,18-19,22-27H2. The molecule has 0 spiro atoms. The molecule has 6 nitrogen and oxygen atoms in total. The Hall–Kier alpha value is -1.18. The Morgan fingerprint density at radius 2 is 1.08 bits per heavy atom. The smallest absolute Gasteiger partial charge is 0.157 e. The summed E-state index contributed by atoms with van der Waals surface area (Å²) in [7, 11) is 0. The van der Waals surface area contributed by atoms with Crippen LogP contribution in [0.4, 0.5) is 0 Å². The molecular weight excluding hydrogens is 492 g/mol. The van der Waals surface area contributed by atoms with E-state index in [0.717, 1.165) is 90.3 Å². The first-order valence-electron chi connectivity index (χ1n) is 16.2. The fraction of sp³-hybridized carbons (Fsp3) is 0.818. The van der Waals surface area contributed by atoms with E-state index in [4.69, 9.17) is 28.4 Å². The van der Waals surface area contributed by atoms with Gasteiger partial charge in [0.15, 0.2) is 12.6 Å². The second-order valence-electron chi connectivity index (χ2n) is 11.6. The van der Waals surface area contributed by atoms with Gasteiger partial charge in [0.05, 0.1) is 12.7 Å². The van der Waals surface area contributed by atoms with Crippen molar-refractivity contribution in [2.75, 3.05) is 39.6 Å². The average Bonchev–Trinajstić information content (AvgIpc) is 3.00. The van der Waals surface area contributed by atoms with Gasteiger partial charge in [0, 0.05) is 33.0 Å². The predicted octanol–water partition coefficient (Wildman–Crippen LogP) is 7.93. The molecule has 2 unspecified atom stereocenters. The molecule has 1 saturated carbocycles. The number of rotatable bonds is 18. The van der Waals surface area contributed by atoms with Crippen LogP contribution in [0.2, 0.25) is 0 Å². The topological polar surface area (TPSA) is 55.4 Å². The van der Waals surface area contributed by atoms with E-state index in [1.165, 1.54) is 69.8 Å². The first-order chi connectivity index (χ1) is 19.4. The highest BCUT2D eigenvalue weighted by Gasteiger charge is 2.23. The molecule has 6 heteroatoms. The van der Waals surface area contributed by atoms with Gasteiger partial charge in [0.1, 0.15) is 5.75 Å². The zero-order chi connectivity index (χ0) is 26.8. The molecule has 222 valence electrons. The molecule has 2 heterocycles. The molecule has 2 saturated heterocycles. The lowest BCUT2D eigenvalue weighted by molar-refractivity contribution is -0.163. The normalized spacial score (nSPS) is 25.9. The van der Waals surface area contributed by atoms with Crippen molar-refractivity contribution in [2.24, 2.45) is 0 Å². The van der Waals surface area contributed by atoms with Crippen LogP contribution in [0, 0.1) is 0 Å². The molecule has 0 amide bonds. The molecule has 0 radical (unpaired) electrons. The van der Waals surface area contributed by atoms with E-state index in [0.29, 0.717) is 12.0 Å². The highest BCUT2D eigenvalue weighted by atomic mass is 16.7. The zero-order valence-electron chi connectivity index (χ0n) is 24.3. The van der Waals surface area contributed by atoms with E-state index >= 15 is 0 Å². The summed E-state index contributed by atoms with van der Waals surface area (Å²) in [5.41, 5.74) is 1.45. The van der Waals surface area contributed by atoms with Crippen molar-refractivity contribution in [1.29, 1.82) is 0 Å². The minimum Gasteiger partial charge on any atom is -0.494 e. The lowest BCUT2D eigenvalue weighted by atomic mass is 9.83. The van der Waals surface area contributed by atoms with Crippen LogP contribution in [0.1, 0.15) is 121 Å². The van der Waals surface area contributed by atoms with Gasteiger partial charge in [-0.3, -0.25) is 0 Å². The molecule has 0 N–H and O–H groups in total. The van der Waals surface area contributed by atoms with Crippen molar-refractivity contribution in [3.8, 4) is 5.75 Å². The molecule has 1 aromatic carbocycles. The summed E-state index contributed by atoms with van der Waals surface area (Å²) in [6.07, 6.45) is 20.2. The Balaban J connectivity index is 0.959. The zero-order valence-corrected chi connectivity index (χ0v) is 24.3. The van der Waals surface area contributed by atoms with Gasteiger partial charge in [-0.05, 0) is 120 Å². The first-order valence-corrected chi connectivity index (χ1v) is 16.2. The second kappa shape index (κ2) is 19.0. The van der Waals surface area contributed by atoms with Crippen molar-refractivity contribution in [3.05, 3.63) is 29.8 Å². The summed E-state index contributed by atoms with van der Waals surface area (Å²) >= 11 is 0. The highest BCUT2D eigenvalue weighted by Crippen LogP contribution is 2.34. The van der Waals surface area contributed by atoms with Gasteiger partial charge in [0.25, 0.3) is 0 Å². The van der Waals surface area contributed by atoms with Crippen molar-refractivity contribution < 1.29 is 28.4 Å². The number of hydrogen-bond donors (Lipinski definition) is 0. The van der Waals surface area contributed by atoms with Crippen LogP contribution in [0.3, 0.4) is 0 Å². The Kier molecular flexibility index (Phi) is 15.0. The molecule has 1 aliphatic carbocycles. The van der Waals surface area contributed by atoms with E-state index in [9.17, 15) is 0 Å². The monoisotopic (exact) mass is 546 g/mol. The van der Waals surface area contributed by atoms with Crippen molar-refractivity contribution >= 4 is 0 Å². The van der Waals surface area contributed by atoms with Crippen LogP contribution in [-0.4, -0.2) is 58.3 Å². The lowest BCUT2D eigenvalue weighted by Crippen LogP contribution is -2.22. The van der Waals surface area contributed by atoms with Gasteiger partial charge in [-0.25, -0.2) is 0 Å². The van der Waals surface area contributed by atoms with E-state index < -0.39 is 0 Å². The first kappa shape index (κ1) is 30.8. The van der Waals surface area contributed by atoms with Crippen LogP contribution < -0.4 is 4.74 Å². The molecule has 2 atom stereocenters. The largest absolute Gasteiger partial charge is 0.494 e. The Labute approximate surface area is 237 Å². The minimum absolute atomic E-state index is 0.0316. The third-order valence-electron chi connectivity index (χ3n) is 8.36. The van der Waals surface area contributed by atoms with E-state index in [1.807, 2.05) is 0 Å². The van der Waals surface area contributed by atoms with Crippen LogP contribution in [0.15, 0.2) is 24.3 Å². The molecule has 4 rings (SSSR count). The summed E-state index contributed by atoms with van der Waals surface area (Å²) in [5, 5.41) is 0. The second-order valence-corrected chi connectivity index (χ2v) is 11.6. The lowest BCUT2D eigenvalue weighted by Gasteiger charge is -2.29. The predicted molar refractivity (Wildman–Crippen MR) is 154 cm³/mol. The molecule has 0 aromatic heterocycles. The molecule has 3 aliphatic rings. The van der Waals surface area contributed by atoms with Crippen molar-refractivity contribution in [1.82, 2.24) is 0 Å². The van der Waals surface area contributed by atoms with Gasteiger partial charge in [-0.1, -0.05) is 25.0 Å². The maximum atomic E-state index is 6.21. The maximum absolute atomic E-state index is 6.21.